The van der Waals surface area contributed by atoms with Crippen molar-refractivity contribution in [1.29, 1.82) is 0 Å². The first-order valence-corrected chi connectivity index (χ1v) is 8.73. The fraction of sp³-hybridized carbons (Fsp3) is 0.188. The van der Waals surface area contributed by atoms with Crippen molar-refractivity contribution >= 4 is 33.3 Å². The fourth-order valence-electron chi connectivity index (χ4n) is 2.05. The van der Waals surface area contributed by atoms with Crippen LogP contribution in [0.1, 0.15) is 11.7 Å². The molecule has 3 nitrogen and oxygen atoms in total. The van der Waals surface area contributed by atoms with Crippen LogP contribution in [0.2, 0.25) is 0 Å². The first-order valence-electron chi connectivity index (χ1n) is 6.93. The summed E-state index contributed by atoms with van der Waals surface area (Å²) in [5, 5.41) is 10.2. The molecule has 0 aliphatic heterocycles. The Bertz CT molecular complexity index is 785. The standard InChI is InChI=1S/C16H12F3NO2S2/c17-16(18,19)22-11-7-5-10(6-8-11)13(21)9-23-15-20-12-3-1-2-4-14(12)24-15/h1-8,13,21H,9H2. The summed E-state index contributed by atoms with van der Waals surface area (Å²) in [6.45, 7) is 0. The summed E-state index contributed by atoms with van der Waals surface area (Å²) >= 11 is 2.95. The molecule has 0 saturated carbocycles. The SMILES string of the molecule is OC(CSc1nc2ccccc2s1)c1ccc(OC(F)(F)F)cc1. The maximum atomic E-state index is 12.1. The van der Waals surface area contributed by atoms with Gasteiger partial charge >= 0.3 is 6.36 Å². The predicted octanol–water partition coefficient (Wildman–Crippen LogP) is 5.02. The Hall–Kier alpha value is -1.77. The van der Waals surface area contributed by atoms with E-state index in [2.05, 4.69) is 9.72 Å². The highest BCUT2D eigenvalue weighted by molar-refractivity contribution is 8.01. The highest BCUT2D eigenvalue weighted by Gasteiger charge is 2.31. The normalized spacial score (nSPS) is 13.2. The van der Waals surface area contributed by atoms with E-state index < -0.39 is 12.5 Å². The van der Waals surface area contributed by atoms with Crippen LogP contribution in [-0.2, 0) is 0 Å². The number of halogens is 3. The largest absolute Gasteiger partial charge is 0.573 e. The van der Waals surface area contributed by atoms with E-state index in [1.807, 2.05) is 24.3 Å². The molecule has 0 radical (unpaired) electrons. The van der Waals surface area contributed by atoms with Gasteiger partial charge in [0.05, 0.1) is 16.3 Å². The van der Waals surface area contributed by atoms with Gasteiger partial charge in [0.2, 0.25) is 0 Å². The summed E-state index contributed by atoms with van der Waals surface area (Å²) in [5.41, 5.74) is 1.44. The van der Waals surface area contributed by atoms with Crippen molar-refractivity contribution in [3.63, 3.8) is 0 Å². The lowest BCUT2D eigenvalue weighted by Gasteiger charge is -2.12. The molecule has 0 aliphatic rings. The highest BCUT2D eigenvalue weighted by atomic mass is 32.2. The predicted molar refractivity (Wildman–Crippen MR) is 88.4 cm³/mol. The van der Waals surface area contributed by atoms with E-state index in [1.54, 1.807) is 0 Å². The number of aliphatic hydroxyl groups excluding tert-OH is 1. The number of aromatic nitrogens is 1. The van der Waals surface area contributed by atoms with Crippen LogP contribution in [0.3, 0.4) is 0 Å². The molecular formula is C16H12F3NO2S2. The molecule has 3 rings (SSSR count). The van der Waals surface area contributed by atoms with E-state index in [0.29, 0.717) is 11.3 Å². The molecule has 0 bridgehead atoms. The second-order valence-electron chi connectivity index (χ2n) is 4.89. The van der Waals surface area contributed by atoms with Crippen LogP contribution in [0.25, 0.3) is 10.2 Å². The summed E-state index contributed by atoms with van der Waals surface area (Å²) in [6, 6.07) is 13.0. The second-order valence-corrected chi connectivity index (χ2v) is 7.19. The minimum absolute atomic E-state index is 0.308. The number of hydrogen-bond acceptors (Lipinski definition) is 5. The van der Waals surface area contributed by atoms with E-state index in [-0.39, 0.29) is 5.75 Å². The summed E-state index contributed by atoms with van der Waals surface area (Å²) in [5.74, 6) is 0.0523. The molecule has 3 aromatic rings. The van der Waals surface area contributed by atoms with Gasteiger partial charge in [-0.15, -0.1) is 24.5 Å². The Labute approximate surface area is 144 Å². The van der Waals surface area contributed by atoms with E-state index in [4.69, 9.17) is 0 Å². The highest BCUT2D eigenvalue weighted by Crippen LogP contribution is 2.32. The topological polar surface area (TPSA) is 42.4 Å². The number of nitrogens with zero attached hydrogens (tertiary/aromatic N) is 1. The van der Waals surface area contributed by atoms with E-state index in [0.717, 1.165) is 14.6 Å². The third kappa shape index (κ3) is 4.40. The third-order valence-corrected chi connectivity index (χ3v) is 5.39. The Kier molecular flexibility index (Phi) is 4.98. The van der Waals surface area contributed by atoms with Gasteiger partial charge in [-0.2, -0.15) is 0 Å². The zero-order chi connectivity index (χ0) is 17.2. The molecule has 126 valence electrons. The molecule has 24 heavy (non-hydrogen) atoms. The van der Waals surface area contributed by atoms with Crippen LogP contribution >= 0.6 is 23.1 Å². The van der Waals surface area contributed by atoms with Gasteiger partial charge < -0.3 is 9.84 Å². The van der Waals surface area contributed by atoms with E-state index in [9.17, 15) is 18.3 Å². The maximum Gasteiger partial charge on any atom is 0.573 e. The average molecular weight is 371 g/mol. The molecule has 8 heteroatoms. The molecule has 1 aromatic heterocycles. The molecule has 1 atom stereocenters. The van der Waals surface area contributed by atoms with E-state index in [1.165, 1.54) is 47.4 Å². The molecule has 1 heterocycles. The number of fused-ring (bicyclic) bond motifs is 1. The quantitative estimate of drug-likeness (QED) is 0.640. The summed E-state index contributed by atoms with van der Waals surface area (Å²) < 4.78 is 42.1. The monoisotopic (exact) mass is 371 g/mol. The molecular weight excluding hydrogens is 359 g/mol. The van der Waals surface area contributed by atoms with Crippen LogP contribution in [-0.4, -0.2) is 22.2 Å². The van der Waals surface area contributed by atoms with Crippen molar-refractivity contribution in [3.05, 3.63) is 54.1 Å². The van der Waals surface area contributed by atoms with Crippen LogP contribution in [0.4, 0.5) is 13.2 Å². The number of rotatable bonds is 5. The van der Waals surface area contributed by atoms with Crippen molar-refractivity contribution in [1.82, 2.24) is 4.98 Å². The molecule has 0 saturated heterocycles. The van der Waals surface area contributed by atoms with Crippen molar-refractivity contribution in [3.8, 4) is 5.75 Å². The number of thioether (sulfide) groups is 1. The van der Waals surface area contributed by atoms with Gasteiger partial charge in [0.1, 0.15) is 5.75 Å². The van der Waals surface area contributed by atoms with Gasteiger partial charge in [0, 0.05) is 5.75 Å². The molecule has 2 aromatic carbocycles. The Balaban J connectivity index is 1.61. The van der Waals surface area contributed by atoms with Gasteiger partial charge in [-0.05, 0) is 29.8 Å². The van der Waals surface area contributed by atoms with Gasteiger partial charge in [0.15, 0.2) is 4.34 Å². The van der Waals surface area contributed by atoms with Gasteiger partial charge in [-0.25, -0.2) is 4.98 Å². The fourth-order valence-corrected chi connectivity index (χ4v) is 4.11. The van der Waals surface area contributed by atoms with Crippen LogP contribution in [0, 0.1) is 0 Å². The lowest BCUT2D eigenvalue weighted by molar-refractivity contribution is -0.274. The van der Waals surface area contributed by atoms with Gasteiger partial charge in [0.25, 0.3) is 0 Å². The number of para-hydroxylation sites is 1. The Morgan fingerprint density at radius 1 is 1.12 bits per heavy atom. The van der Waals surface area contributed by atoms with Crippen LogP contribution in [0.5, 0.6) is 5.75 Å². The molecule has 1 N–H and O–H groups in total. The Morgan fingerprint density at radius 2 is 1.83 bits per heavy atom. The smallest absolute Gasteiger partial charge is 0.406 e. The first kappa shape index (κ1) is 17.1. The van der Waals surface area contributed by atoms with Crippen molar-refractivity contribution in [2.45, 2.75) is 16.8 Å². The van der Waals surface area contributed by atoms with Crippen LogP contribution in [0.15, 0.2) is 52.9 Å². The van der Waals surface area contributed by atoms with Crippen LogP contribution < -0.4 is 4.74 Å². The maximum absolute atomic E-state index is 12.1. The first-order chi connectivity index (χ1) is 11.4. The minimum atomic E-state index is -4.72. The van der Waals surface area contributed by atoms with Gasteiger partial charge in [-0.1, -0.05) is 36.0 Å². The van der Waals surface area contributed by atoms with E-state index >= 15 is 0 Å². The molecule has 1 unspecified atom stereocenters. The van der Waals surface area contributed by atoms with Crippen molar-refractivity contribution in [2.75, 3.05) is 5.75 Å². The van der Waals surface area contributed by atoms with Crippen molar-refractivity contribution < 1.29 is 23.0 Å². The molecule has 0 aliphatic carbocycles. The van der Waals surface area contributed by atoms with Crippen molar-refractivity contribution in [2.24, 2.45) is 0 Å². The lowest BCUT2D eigenvalue weighted by atomic mass is 10.1. The number of benzene rings is 2. The molecule has 0 fully saturated rings. The summed E-state index contributed by atoms with van der Waals surface area (Å²) in [6.07, 6.45) is -5.52. The second kappa shape index (κ2) is 7.00. The Morgan fingerprint density at radius 3 is 2.50 bits per heavy atom. The lowest BCUT2D eigenvalue weighted by Crippen LogP contribution is -2.17. The van der Waals surface area contributed by atoms with Gasteiger partial charge in [-0.3, -0.25) is 0 Å². The third-order valence-electron chi connectivity index (χ3n) is 3.14. The minimum Gasteiger partial charge on any atom is -0.406 e. The zero-order valence-corrected chi connectivity index (χ0v) is 13.8. The number of hydrogen-bond donors (Lipinski definition) is 1. The summed E-state index contributed by atoms with van der Waals surface area (Å²) in [4.78, 5) is 4.46. The number of ether oxygens (including phenoxy) is 1. The number of thiazole rings is 1. The zero-order valence-electron chi connectivity index (χ0n) is 12.2. The summed E-state index contributed by atoms with van der Waals surface area (Å²) in [7, 11) is 0. The number of aliphatic hydroxyl groups is 1. The molecule has 0 amide bonds. The molecule has 0 spiro atoms. The average Bonchev–Trinajstić information content (AvgIpc) is 2.94. The number of alkyl halides is 3.